The van der Waals surface area contributed by atoms with Crippen molar-refractivity contribution in [2.45, 2.75) is 39.8 Å². The third kappa shape index (κ3) is 3.50. The van der Waals surface area contributed by atoms with E-state index in [9.17, 15) is 0 Å². The fraction of sp³-hybridized carbons (Fsp3) is 0.360. The Morgan fingerprint density at radius 1 is 1.12 bits per heavy atom. The summed E-state index contributed by atoms with van der Waals surface area (Å²) < 4.78 is 13.4. The van der Waals surface area contributed by atoms with Crippen LogP contribution in [0.3, 0.4) is 0 Å². The van der Waals surface area contributed by atoms with Crippen molar-refractivity contribution >= 4 is 17.3 Å². The molecule has 6 nitrogen and oxygen atoms in total. The highest BCUT2D eigenvalue weighted by Gasteiger charge is 2.41. The number of aromatic nitrogens is 2. The van der Waals surface area contributed by atoms with Gasteiger partial charge in [-0.1, -0.05) is 19.9 Å². The Kier molecular flexibility index (Phi) is 5.29. The molecule has 0 radical (unpaired) electrons. The Hall–Kier alpha value is -3.06. The first kappa shape index (κ1) is 20.8. The van der Waals surface area contributed by atoms with E-state index >= 15 is 0 Å². The number of thiocarbonyl (C=S) groups is 1. The summed E-state index contributed by atoms with van der Waals surface area (Å²) in [4.78, 5) is 6.98. The zero-order chi connectivity index (χ0) is 22.4. The quantitative estimate of drug-likeness (QED) is 0.564. The molecule has 2 aliphatic heterocycles. The van der Waals surface area contributed by atoms with Crippen LogP contribution in [0.5, 0.6) is 11.5 Å². The molecule has 7 heteroatoms. The maximum atomic E-state index is 5.79. The lowest BCUT2D eigenvalue weighted by atomic mass is 9.96. The standard InChI is InChI=1S/C25H28N4O2S/c1-15(2)13-28-24(23(27-25(28)32)20-7-5-6-10-26-20)19-11-16(3)29(17(19)4)18-8-9-21-22(12-18)31-14-30-21/h5-12,15,23-24H,13-14H2,1-4H3,(H,27,32)/t23-,24-/m0/s1. The van der Waals surface area contributed by atoms with Gasteiger partial charge in [0.25, 0.3) is 0 Å². The topological polar surface area (TPSA) is 51.6 Å². The molecule has 0 bridgehead atoms. The molecule has 0 amide bonds. The van der Waals surface area contributed by atoms with Gasteiger partial charge < -0.3 is 24.3 Å². The first-order valence-electron chi connectivity index (χ1n) is 11.0. The molecule has 3 aromatic rings. The van der Waals surface area contributed by atoms with Crippen molar-refractivity contribution in [3.05, 3.63) is 71.3 Å². The smallest absolute Gasteiger partial charge is 0.231 e. The van der Waals surface area contributed by atoms with Crippen LogP contribution in [0.25, 0.3) is 5.69 Å². The summed E-state index contributed by atoms with van der Waals surface area (Å²) in [5.41, 5.74) is 5.67. The van der Waals surface area contributed by atoms with E-state index in [1.165, 1.54) is 17.0 Å². The maximum Gasteiger partial charge on any atom is 0.231 e. The second-order valence-electron chi connectivity index (χ2n) is 8.87. The number of nitrogens with zero attached hydrogens (tertiary/aromatic N) is 3. The van der Waals surface area contributed by atoms with Gasteiger partial charge in [0.2, 0.25) is 6.79 Å². The Balaban J connectivity index is 1.61. The van der Waals surface area contributed by atoms with Crippen molar-refractivity contribution < 1.29 is 9.47 Å². The number of ether oxygens (including phenoxy) is 2. The fourth-order valence-electron chi connectivity index (χ4n) is 4.84. The summed E-state index contributed by atoms with van der Waals surface area (Å²) in [6.45, 7) is 9.93. The minimum absolute atomic E-state index is 0.00634. The molecule has 32 heavy (non-hydrogen) atoms. The summed E-state index contributed by atoms with van der Waals surface area (Å²) in [5.74, 6) is 2.06. The number of rotatable bonds is 5. The molecule has 5 rings (SSSR count). The van der Waals surface area contributed by atoms with Crippen molar-refractivity contribution in [2.24, 2.45) is 5.92 Å². The summed E-state index contributed by atoms with van der Waals surface area (Å²) in [7, 11) is 0. The molecule has 1 fully saturated rings. The number of nitrogens with one attached hydrogen (secondary N) is 1. The van der Waals surface area contributed by atoms with Crippen LogP contribution in [-0.4, -0.2) is 32.9 Å². The molecule has 0 aliphatic carbocycles. The van der Waals surface area contributed by atoms with Gasteiger partial charge in [-0.15, -0.1) is 0 Å². The minimum Gasteiger partial charge on any atom is -0.454 e. The zero-order valence-corrected chi connectivity index (χ0v) is 19.6. The van der Waals surface area contributed by atoms with Crippen LogP contribution < -0.4 is 14.8 Å². The van der Waals surface area contributed by atoms with Crippen LogP contribution in [0.15, 0.2) is 48.7 Å². The van der Waals surface area contributed by atoms with Gasteiger partial charge in [-0.25, -0.2) is 0 Å². The average molecular weight is 449 g/mol. The molecule has 0 saturated carbocycles. The van der Waals surface area contributed by atoms with Gasteiger partial charge in [0.1, 0.15) is 0 Å². The molecule has 1 saturated heterocycles. The summed E-state index contributed by atoms with van der Waals surface area (Å²) in [6.07, 6.45) is 1.85. The molecule has 0 unspecified atom stereocenters. The molecule has 1 aromatic carbocycles. The lowest BCUT2D eigenvalue weighted by Crippen LogP contribution is -2.33. The lowest BCUT2D eigenvalue weighted by Gasteiger charge is -2.29. The molecular formula is C25H28N4O2S. The Morgan fingerprint density at radius 3 is 2.69 bits per heavy atom. The third-order valence-electron chi connectivity index (χ3n) is 6.16. The van der Waals surface area contributed by atoms with E-state index < -0.39 is 0 Å². The molecule has 0 spiro atoms. The summed E-state index contributed by atoms with van der Waals surface area (Å²) in [6, 6.07) is 14.5. The molecule has 2 aromatic heterocycles. The van der Waals surface area contributed by atoms with Crippen LogP contribution >= 0.6 is 12.2 Å². The SMILES string of the molecule is Cc1cc([C@H]2[C@H](c3ccccn3)NC(=S)N2CC(C)C)c(C)n1-c1ccc2c(c1)OCO2. The van der Waals surface area contributed by atoms with E-state index in [2.05, 4.69) is 65.7 Å². The largest absolute Gasteiger partial charge is 0.454 e. The molecular weight excluding hydrogens is 420 g/mol. The van der Waals surface area contributed by atoms with Gasteiger partial charge in [-0.3, -0.25) is 4.98 Å². The van der Waals surface area contributed by atoms with Gasteiger partial charge in [0.05, 0.1) is 17.8 Å². The third-order valence-corrected chi connectivity index (χ3v) is 6.52. The van der Waals surface area contributed by atoms with Crippen molar-refractivity contribution in [2.75, 3.05) is 13.3 Å². The Morgan fingerprint density at radius 2 is 1.94 bits per heavy atom. The van der Waals surface area contributed by atoms with Gasteiger partial charge in [0.15, 0.2) is 16.6 Å². The summed E-state index contributed by atoms with van der Waals surface area (Å²) in [5, 5.41) is 4.34. The highest BCUT2D eigenvalue weighted by atomic mass is 32.1. The second kappa shape index (κ2) is 8.13. The molecule has 4 heterocycles. The molecule has 1 N–H and O–H groups in total. The molecule has 2 aliphatic rings. The van der Waals surface area contributed by atoms with Gasteiger partial charge in [0, 0.05) is 35.9 Å². The van der Waals surface area contributed by atoms with Crippen LogP contribution in [-0.2, 0) is 0 Å². The Labute approximate surface area is 194 Å². The van der Waals surface area contributed by atoms with E-state index in [-0.39, 0.29) is 18.9 Å². The van der Waals surface area contributed by atoms with Gasteiger partial charge >= 0.3 is 0 Å². The van der Waals surface area contributed by atoms with E-state index in [0.717, 1.165) is 34.5 Å². The van der Waals surface area contributed by atoms with Crippen LogP contribution in [0.2, 0.25) is 0 Å². The first-order chi connectivity index (χ1) is 15.4. The normalized spacial score (nSPS) is 19.7. The molecule has 2 atom stereocenters. The van der Waals surface area contributed by atoms with E-state index in [0.29, 0.717) is 5.92 Å². The number of hydrogen-bond acceptors (Lipinski definition) is 4. The monoisotopic (exact) mass is 448 g/mol. The number of hydrogen-bond donors (Lipinski definition) is 1. The van der Waals surface area contributed by atoms with Crippen LogP contribution in [0.1, 0.15) is 48.6 Å². The lowest BCUT2D eigenvalue weighted by molar-refractivity contribution is 0.174. The van der Waals surface area contributed by atoms with Crippen LogP contribution in [0, 0.1) is 19.8 Å². The highest BCUT2D eigenvalue weighted by molar-refractivity contribution is 7.80. The van der Waals surface area contributed by atoms with Crippen LogP contribution in [0.4, 0.5) is 0 Å². The van der Waals surface area contributed by atoms with Gasteiger partial charge in [-0.05, 0) is 67.9 Å². The predicted octanol–water partition coefficient (Wildman–Crippen LogP) is 4.85. The van der Waals surface area contributed by atoms with Crippen molar-refractivity contribution in [3.8, 4) is 17.2 Å². The van der Waals surface area contributed by atoms with Crippen molar-refractivity contribution in [1.82, 2.24) is 19.8 Å². The molecule has 166 valence electrons. The van der Waals surface area contributed by atoms with E-state index in [1.54, 1.807) is 0 Å². The highest BCUT2D eigenvalue weighted by Crippen LogP contribution is 2.42. The number of pyridine rings is 1. The zero-order valence-electron chi connectivity index (χ0n) is 18.8. The van der Waals surface area contributed by atoms with E-state index in [1.807, 2.05) is 30.5 Å². The Bertz CT molecular complexity index is 1160. The minimum atomic E-state index is -0.00634. The van der Waals surface area contributed by atoms with Crippen molar-refractivity contribution in [3.63, 3.8) is 0 Å². The summed E-state index contributed by atoms with van der Waals surface area (Å²) >= 11 is 5.79. The second-order valence-corrected chi connectivity index (χ2v) is 9.26. The number of benzene rings is 1. The number of aryl methyl sites for hydroxylation is 1. The predicted molar refractivity (Wildman–Crippen MR) is 128 cm³/mol. The fourth-order valence-corrected chi connectivity index (χ4v) is 5.16. The van der Waals surface area contributed by atoms with Gasteiger partial charge in [-0.2, -0.15) is 0 Å². The number of fused-ring (bicyclic) bond motifs is 1. The first-order valence-corrected chi connectivity index (χ1v) is 11.4. The average Bonchev–Trinajstić information content (AvgIpc) is 3.44. The van der Waals surface area contributed by atoms with E-state index in [4.69, 9.17) is 21.7 Å². The van der Waals surface area contributed by atoms with Crippen molar-refractivity contribution in [1.29, 1.82) is 0 Å². The maximum absolute atomic E-state index is 5.79.